The molecule has 0 aromatic heterocycles. The molecule has 0 amide bonds. The first kappa shape index (κ1) is 19.4. The van der Waals surface area contributed by atoms with E-state index in [0.29, 0.717) is 0 Å². The van der Waals surface area contributed by atoms with Crippen LogP contribution >= 0.6 is 0 Å². The van der Waals surface area contributed by atoms with E-state index in [1.54, 1.807) is 0 Å². The van der Waals surface area contributed by atoms with E-state index in [0.717, 1.165) is 0 Å². The van der Waals surface area contributed by atoms with Crippen molar-refractivity contribution in [2.75, 3.05) is 0 Å². The molecule has 4 nitrogen and oxygen atoms in total. The van der Waals surface area contributed by atoms with E-state index in [-0.39, 0.29) is 11.9 Å². The van der Waals surface area contributed by atoms with Gasteiger partial charge in [0.2, 0.25) is 0 Å². The fraction of sp³-hybridized carbons (Fsp3) is 0. The Morgan fingerprint density at radius 2 is 1.50 bits per heavy atom. The standard InChI is InChI=1S/CH2O2.CH2O.H2O/c2-1-3;1-2;/h1H,(H,2,3);1H2;1H2. The molecule has 0 bridgehead atoms. The van der Waals surface area contributed by atoms with Gasteiger partial charge >= 0.3 is 0 Å². The molecule has 0 radical (unpaired) electrons. The zero-order chi connectivity index (χ0) is 4.71. The highest BCUT2D eigenvalue weighted by Crippen LogP contribution is 0.966. The number of hydrogen-bond acceptors (Lipinski definition) is 2. The summed E-state index contributed by atoms with van der Waals surface area (Å²) in [6.07, 6.45) is 0. The summed E-state index contributed by atoms with van der Waals surface area (Å²) in [6, 6.07) is 0. The van der Waals surface area contributed by atoms with Gasteiger partial charge in [-0.1, -0.05) is 0 Å². The van der Waals surface area contributed by atoms with Gasteiger partial charge in [0, 0.05) is 0 Å². The molecule has 0 saturated heterocycles. The minimum atomic E-state index is -0.250. The van der Waals surface area contributed by atoms with E-state index in [1.807, 2.05) is 6.79 Å². The number of rotatable bonds is 0. The first-order valence-electron chi connectivity index (χ1n) is 0.783. The van der Waals surface area contributed by atoms with Crippen LogP contribution in [0.3, 0.4) is 0 Å². The molecule has 0 saturated carbocycles. The molecule has 4 heteroatoms. The molecule has 0 spiro atoms. The van der Waals surface area contributed by atoms with Crippen molar-refractivity contribution in [2.45, 2.75) is 0 Å². The third kappa shape index (κ3) is 16.9. The summed E-state index contributed by atoms with van der Waals surface area (Å²) < 4.78 is 0. The molecule has 0 atom stereocenters. The Labute approximate surface area is 34.7 Å². The van der Waals surface area contributed by atoms with Crippen LogP contribution in [-0.4, -0.2) is 23.8 Å². The van der Waals surface area contributed by atoms with E-state index >= 15 is 0 Å². The molecule has 0 aliphatic rings. The Morgan fingerprint density at radius 3 is 1.50 bits per heavy atom. The SMILES string of the molecule is C=O.O.O=CO. The van der Waals surface area contributed by atoms with Crippen LogP contribution in [0.5, 0.6) is 0 Å². The van der Waals surface area contributed by atoms with Gasteiger partial charge in [-0.3, -0.25) is 4.79 Å². The van der Waals surface area contributed by atoms with Crippen molar-refractivity contribution >= 4 is 13.3 Å². The fourth-order valence-corrected chi connectivity index (χ4v) is 0. The van der Waals surface area contributed by atoms with Crippen LogP contribution in [0.1, 0.15) is 0 Å². The quantitative estimate of drug-likeness (QED) is 0.378. The molecule has 0 aliphatic carbocycles. The van der Waals surface area contributed by atoms with Crippen molar-refractivity contribution in [3.05, 3.63) is 0 Å². The maximum atomic E-state index is 8.36. The van der Waals surface area contributed by atoms with Crippen molar-refractivity contribution in [3.8, 4) is 0 Å². The van der Waals surface area contributed by atoms with Crippen LogP contribution in [-0.2, 0) is 9.59 Å². The predicted octanol–water partition coefficient (Wildman–Crippen LogP) is -1.31. The Kier molecular flexibility index (Phi) is 12800. The van der Waals surface area contributed by atoms with Crippen molar-refractivity contribution in [1.82, 2.24) is 0 Å². The molecule has 0 aromatic carbocycles. The van der Waals surface area contributed by atoms with Gasteiger partial charge in [-0.05, 0) is 0 Å². The summed E-state index contributed by atoms with van der Waals surface area (Å²) in [5.41, 5.74) is 0. The summed E-state index contributed by atoms with van der Waals surface area (Å²) in [4.78, 5) is 16.4. The molecular weight excluding hydrogens is 88.0 g/mol. The number of carboxylic acid groups (broad SMARTS) is 1. The average molecular weight is 94.1 g/mol. The van der Waals surface area contributed by atoms with Gasteiger partial charge in [-0.25, -0.2) is 0 Å². The van der Waals surface area contributed by atoms with Gasteiger partial charge in [-0.2, -0.15) is 0 Å². The summed E-state index contributed by atoms with van der Waals surface area (Å²) >= 11 is 0. The molecule has 0 aliphatic heterocycles. The highest BCUT2D eigenvalue weighted by atomic mass is 16.3. The Balaban J connectivity index is -0.0000000275. The van der Waals surface area contributed by atoms with Gasteiger partial charge in [0.25, 0.3) is 6.47 Å². The van der Waals surface area contributed by atoms with Gasteiger partial charge < -0.3 is 15.4 Å². The summed E-state index contributed by atoms with van der Waals surface area (Å²) in [6.45, 7) is 1.75. The van der Waals surface area contributed by atoms with E-state index in [9.17, 15) is 0 Å². The van der Waals surface area contributed by atoms with E-state index in [4.69, 9.17) is 14.7 Å². The Hall–Kier alpha value is -0.900. The van der Waals surface area contributed by atoms with Crippen LogP contribution < -0.4 is 0 Å². The zero-order valence-electron chi connectivity index (χ0n) is 3.05. The number of carbonyl (C=O) groups excluding carboxylic acids is 1. The van der Waals surface area contributed by atoms with Gasteiger partial charge in [0.05, 0.1) is 0 Å². The molecule has 3 N–H and O–H groups in total. The maximum absolute atomic E-state index is 8.36. The highest BCUT2D eigenvalue weighted by molar-refractivity contribution is 5.32. The first-order chi connectivity index (χ1) is 2.41. The Bertz CT molecular complexity index is 19.5. The van der Waals surface area contributed by atoms with Crippen LogP contribution in [0.2, 0.25) is 0 Å². The lowest BCUT2D eigenvalue weighted by molar-refractivity contribution is -0.122. The second-order valence-corrected chi connectivity index (χ2v) is 0.105. The number of carbonyl (C=O) groups is 2. The van der Waals surface area contributed by atoms with Crippen molar-refractivity contribution in [3.63, 3.8) is 0 Å². The summed E-state index contributed by atoms with van der Waals surface area (Å²) in [5, 5.41) is 6.89. The average Bonchev–Trinajstić information content (AvgIpc) is 1.46. The third-order valence-electron chi connectivity index (χ3n) is 0. The first-order valence-corrected chi connectivity index (χ1v) is 0.783. The molecule has 6 heavy (non-hydrogen) atoms. The second-order valence-electron chi connectivity index (χ2n) is 0.105. The maximum Gasteiger partial charge on any atom is 0.290 e. The third-order valence-corrected chi connectivity index (χ3v) is 0. The summed E-state index contributed by atoms with van der Waals surface area (Å²) in [7, 11) is 0. The van der Waals surface area contributed by atoms with Crippen LogP contribution in [0.4, 0.5) is 0 Å². The topological polar surface area (TPSA) is 85.9 Å². The molecule has 0 aromatic rings. The van der Waals surface area contributed by atoms with E-state index in [2.05, 4.69) is 0 Å². The lowest BCUT2D eigenvalue weighted by Crippen LogP contribution is -1.49. The smallest absolute Gasteiger partial charge is 0.290 e. The minimum absolute atomic E-state index is 0. The van der Waals surface area contributed by atoms with E-state index < -0.39 is 0 Å². The monoisotopic (exact) mass is 94.0 g/mol. The minimum Gasteiger partial charge on any atom is -0.483 e. The van der Waals surface area contributed by atoms with Crippen LogP contribution in [0.25, 0.3) is 0 Å². The van der Waals surface area contributed by atoms with Crippen LogP contribution in [0.15, 0.2) is 0 Å². The van der Waals surface area contributed by atoms with E-state index in [1.165, 1.54) is 0 Å². The normalized spacial score (nSPS) is 2.67. The highest BCUT2D eigenvalue weighted by Gasteiger charge is 1.22. The molecule has 38 valence electrons. The van der Waals surface area contributed by atoms with Crippen molar-refractivity contribution in [1.29, 1.82) is 0 Å². The second kappa shape index (κ2) is 3940. The van der Waals surface area contributed by atoms with Gasteiger partial charge in [-0.15, -0.1) is 0 Å². The molecule has 0 rings (SSSR count). The summed E-state index contributed by atoms with van der Waals surface area (Å²) in [5.74, 6) is 0. The van der Waals surface area contributed by atoms with Gasteiger partial charge in [0.15, 0.2) is 0 Å². The molecule has 0 unspecified atom stereocenters. The number of hydrogen-bond donors (Lipinski definition) is 1. The molecule has 0 fully saturated rings. The zero-order valence-corrected chi connectivity index (χ0v) is 3.05. The van der Waals surface area contributed by atoms with Crippen LogP contribution in [0, 0.1) is 0 Å². The molecular formula is C2H6O4. The largest absolute Gasteiger partial charge is 0.483 e. The fourth-order valence-electron chi connectivity index (χ4n) is 0. The lowest BCUT2D eigenvalue weighted by Gasteiger charge is -1.34. The molecule has 0 heterocycles. The van der Waals surface area contributed by atoms with Crippen molar-refractivity contribution in [2.24, 2.45) is 0 Å². The van der Waals surface area contributed by atoms with Crippen molar-refractivity contribution < 1.29 is 20.2 Å². The lowest BCUT2D eigenvalue weighted by atomic mass is 11.7. The predicted molar refractivity (Wildman–Crippen MR) is 19.4 cm³/mol. The van der Waals surface area contributed by atoms with Gasteiger partial charge in [0.1, 0.15) is 6.79 Å². The Morgan fingerprint density at radius 1 is 1.50 bits per heavy atom.